The van der Waals surface area contributed by atoms with Gasteiger partial charge in [-0.1, -0.05) is 0 Å². The lowest BCUT2D eigenvalue weighted by Crippen LogP contribution is -2.46. The number of primary amides is 1. The lowest BCUT2D eigenvalue weighted by Gasteiger charge is -2.36. The van der Waals surface area contributed by atoms with Gasteiger partial charge in [0.25, 0.3) is 0 Å². The van der Waals surface area contributed by atoms with Crippen molar-refractivity contribution in [2.45, 2.75) is 30.7 Å². The normalized spacial score (nSPS) is 23.9. The number of carbonyl (C=O) groups is 1. The molecule has 2 rings (SSSR count). The second-order valence-electron chi connectivity index (χ2n) is 5.49. The van der Waals surface area contributed by atoms with E-state index in [-0.39, 0.29) is 16.9 Å². The third-order valence-electron chi connectivity index (χ3n) is 4.00. The number of benzene rings is 1. The quantitative estimate of drug-likeness (QED) is 0.846. The summed E-state index contributed by atoms with van der Waals surface area (Å²) in [5.74, 6) is -0.380. The first kappa shape index (κ1) is 15.9. The molecule has 21 heavy (non-hydrogen) atoms. The number of nitrogens with two attached hydrogens (primary N) is 2. The fourth-order valence-corrected chi connectivity index (χ4v) is 4.34. The van der Waals surface area contributed by atoms with Crippen LogP contribution in [0.15, 0.2) is 29.2 Å². The Labute approximate surface area is 125 Å². The maximum atomic E-state index is 12.7. The highest BCUT2D eigenvalue weighted by atomic mass is 32.2. The fourth-order valence-electron chi connectivity index (χ4n) is 2.60. The van der Waals surface area contributed by atoms with Crippen LogP contribution in [0.1, 0.15) is 30.1 Å². The van der Waals surface area contributed by atoms with Gasteiger partial charge in [-0.15, -0.1) is 0 Å². The van der Waals surface area contributed by atoms with Crippen LogP contribution in [-0.2, 0) is 10.0 Å². The highest BCUT2D eigenvalue weighted by molar-refractivity contribution is 7.89. The molecule has 1 heterocycles. The van der Waals surface area contributed by atoms with Crippen molar-refractivity contribution in [3.05, 3.63) is 29.8 Å². The lowest BCUT2D eigenvalue weighted by atomic mass is 9.96. The van der Waals surface area contributed by atoms with Gasteiger partial charge in [0.15, 0.2) is 0 Å². The van der Waals surface area contributed by atoms with Crippen LogP contribution < -0.4 is 11.5 Å². The first-order chi connectivity index (χ1) is 9.86. The summed E-state index contributed by atoms with van der Waals surface area (Å²) in [6.07, 6.45) is 1.75. The summed E-state index contributed by atoms with van der Waals surface area (Å²) in [6, 6.07) is 5.67. The summed E-state index contributed by atoms with van der Waals surface area (Å²) in [5.41, 5.74) is 11.1. The number of amides is 1. The van der Waals surface area contributed by atoms with E-state index in [0.717, 1.165) is 12.8 Å². The van der Waals surface area contributed by atoms with Crippen molar-refractivity contribution < 1.29 is 13.2 Å². The average Bonchev–Trinajstić information content (AvgIpc) is 2.47. The molecular weight excluding hydrogens is 290 g/mol. The summed E-state index contributed by atoms with van der Waals surface area (Å²) in [7, 11) is -3.57. The minimum absolute atomic E-state index is 0.0476. The Hall–Kier alpha value is -1.44. The van der Waals surface area contributed by atoms with Crippen LogP contribution >= 0.6 is 0 Å². The molecule has 2 atom stereocenters. The van der Waals surface area contributed by atoms with Crippen LogP contribution in [0.5, 0.6) is 0 Å². The number of sulfonamides is 1. The van der Waals surface area contributed by atoms with Gasteiger partial charge in [0.2, 0.25) is 15.9 Å². The summed E-state index contributed by atoms with van der Waals surface area (Å²) in [4.78, 5) is 11.2. The Morgan fingerprint density at radius 1 is 1.29 bits per heavy atom. The number of hydrogen-bond acceptors (Lipinski definition) is 4. The van der Waals surface area contributed by atoms with Crippen molar-refractivity contribution in [2.24, 2.45) is 17.4 Å². The van der Waals surface area contributed by atoms with Crippen LogP contribution in [0.25, 0.3) is 0 Å². The van der Waals surface area contributed by atoms with E-state index in [1.165, 1.54) is 28.6 Å². The molecule has 0 aromatic heterocycles. The van der Waals surface area contributed by atoms with E-state index in [0.29, 0.717) is 18.7 Å². The van der Waals surface area contributed by atoms with E-state index >= 15 is 0 Å². The fraction of sp³-hybridized carbons (Fsp3) is 0.500. The number of hydrogen-bond donors (Lipinski definition) is 2. The molecule has 2 unspecified atom stereocenters. The second-order valence-corrected chi connectivity index (χ2v) is 7.38. The topological polar surface area (TPSA) is 106 Å². The third-order valence-corrected chi connectivity index (χ3v) is 6.00. The Morgan fingerprint density at radius 2 is 1.90 bits per heavy atom. The molecule has 7 heteroatoms. The summed E-state index contributed by atoms with van der Waals surface area (Å²) in [6.45, 7) is 2.83. The maximum absolute atomic E-state index is 12.7. The van der Waals surface area contributed by atoms with Crippen molar-refractivity contribution >= 4 is 15.9 Å². The largest absolute Gasteiger partial charge is 0.366 e. The predicted octanol–water partition coefficient (Wildman–Crippen LogP) is 0.533. The molecule has 1 aliphatic heterocycles. The summed E-state index contributed by atoms with van der Waals surface area (Å²) < 4.78 is 26.9. The van der Waals surface area contributed by atoms with Crippen molar-refractivity contribution in [1.29, 1.82) is 0 Å². The highest BCUT2D eigenvalue weighted by Gasteiger charge is 2.34. The Morgan fingerprint density at radius 3 is 2.43 bits per heavy atom. The maximum Gasteiger partial charge on any atom is 0.248 e. The van der Waals surface area contributed by atoms with Crippen LogP contribution in [0, 0.1) is 5.92 Å². The molecule has 0 saturated carbocycles. The molecular formula is C14H21N3O3S. The van der Waals surface area contributed by atoms with Crippen LogP contribution in [0.2, 0.25) is 0 Å². The number of nitrogens with zero attached hydrogens (tertiary/aromatic N) is 1. The molecule has 116 valence electrons. The standard InChI is InChI=1S/C14H21N3O3S/c1-10-2-3-11(8-15)9-17(10)21(19,20)13-6-4-12(5-7-13)14(16)18/h4-7,10-11H,2-3,8-9,15H2,1H3,(H2,16,18). The Balaban J connectivity index is 2.29. The molecule has 1 aliphatic rings. The first-order valence-corrected chi connectivity index (χ1v) is 8.42. The van der Waals surface area contributed by atoms with E-state index in [4.69, 9.17) is 11.5 Å². The second kappa shape index (κ2) is 6.13. The van der Waals surface area contributed by atoms with E-state index in [1.54, 1.807) is 0 Å². The zero-order valence-corrected chi connectivity index (χ0v) is 12.8. The minimum Gasteiger partial charge on any atom is -0.366 e. The molecule has 0 spiro atoms. The number of rotatable bonds is 4. The van der Waals surface area contributed by atoms with Gasteiger partial charge in [0, 0.05) is 18.2 Å². The third kappa shape index (κ3) is 3.25. The molecule has 4 N–H and O–H groups in total. The van der Waals surface area contributed by atoms with Gasteiger partial charge in [-0.2, -0.15) is 4.31 Å². The van der Waals surface area contributed by atoms with E-state index in [1.807, 2.05) is 6.92 Å². The van der Waals surface area contributed by atoms with Gasteiger partial charge in [-0.05, 0) is 56.5 Å². The SMILES string of the molecule is CC1CCC(CN)CN1S(=O)(=O)c1ccc(C(N)=O)cc1. The average molecular weight is 311 g/mol. The number of piperidine rings is 1. The summed E-state index contributed by atoms with van der Waals surface area (Å²) in [5, 5.41) is 0. The zero-order valence-electron chi connectivity index (χ0n) is 12.0. The Bertz CT molecular complexity index is 613. The predicted molar refractivity (Wildman–Crippen MR) is 80.1 cm³/mol. The van der Waals surface area contributed by atoms with Crippen LogP contribution in [0.4, 0.5) is 0 Å². The molecule has 0 aliphatic carbocycles. The van der Waals surface area contributed by atoms with E-state index in [9.17, 15) is 13.2 Å². The van der Waals surface area contributed by atoms with Crippen molar-refractivity contribution in [2.75, 3.05) is 13.1 Å². The van der Waals surface area contributed by atoms with E-state index < -0.39 is 15.9 Å². The molecule has 1 amide bonds. The first-order valence-electron chi connectivity index (χ1n) is 6.98. The smallest absolute Gasteiger partial charge is 0.248 e. The van der Waals surface area contributed by atoms with Crippen LogP contribution in [0.3, 0.4) is 0 Å². The van der Waals surface area contributed by atoms with Gasteiger partial charge < -0.3 is 11.5 Å². The van der Waals surface area contributed by atoms with Crippen molar-refractivity contribution in [3.8, 4) is 0 Å². The summed E-state index contributed by atoms with van der Waals surface area (Å²) >= 11 is 0. The minimum atomic E-state index is -3.57. The molecule has 1 aromatic carbocycles. The molecule has 6 nitrogen and oxygen atoms in total. The number of carbonyl (C=O) groups excluding carboxylic acids is 1. The van der Waals surface area contributed by atoms with Crippen molar-refractivity contribution in [3.63, 3.8) is 0 Å². The molecule has 1 aromatic rings. The monoisotopic (exact) mass is 311 g/mol. The molecule has 0 bridgehead atoms. The van der Waals surface area contributed by atoms with Crippen LogP contribution in [-0.4, -0.2) is 37.8 Å². The lowest BCUT2D eigenvalue weighted by molar-refractivity contribution is 0.1000. The Kier molecular flexibility index (Phi) is 4.65. The van der Waals surface area contributed by atoms with Crippen molar-refractivity contribution in [1.82, 2.24) is 4.31 Å². The molecule has 0 radical (unpaired) electrons. The highest BCUT2D eigenvalue weighted by Crippen LogP contribution is 2.27. The van der Waals surface area contributed by atoms with Gasteiger partial charge in [0.1, 0.15) is 0 Å². The van der Waals surface area contributed by atoms with E-state index in [2.05, 4.69) is 0 Å². The zero-order chi connectivity index (χ0) is 15.6. The van der Waals surface area contributed by atoms with Gasteiger partial charge >= 0.3 is 0 Å². The van der Waals surface area contributed by atoms with Gasteiger partial charge in [-0.25, -0.2) is 8.42 Å². The molecule has 1 saturated heterocycles. The molecule has 1 fully saturated rings. The van der Waals surface area contributed by atoms with Gasteiger partial charge in [0.05, 0.1) is 4.90 Å². The van der Waals surface area contributed by atoms with Gasteiger partial charge in [-0.3, -0.25) is 4.79 Å².